The minimum atomic E-state index is -0.957. The summed E-state index contributed by atoms with van der Waals surface area (Å²) in [5.41, 5.74) is 5.76. The van der Waals surface area contributed by atoms with Crippen LogP contribution in [0.2, 0.25) is 0 Å². The summed E-state index contributed by atoms with van der Waals surface area (Å²) >= 11 is 0. The molecule has 4 nitrogen and oxygen atoms in total. The minimum absolute atomic E-state index is 0.241. The Labute approximate surface area is 122 Å². The number of hydrogen-bond acceptors (Lipinski definition) is 4. The van der Waals surface area contributed by atoms with Gasteiger partial charge in [0.2, 0.25) is 0 Å². The molecule has 1 aromatic rings. The zero-order valence-electron chi connectivity index (χ0n) is 12.5. The van der Waals surface area contributed by atoms with E-state index in [9.17, 15) is 5.11 Å². The van der Waals surface area contributed by atoms with Gasteiger partial charge in [0, 0.05) is 26.2 Å². The van der Waals surface area contributed by atoms with Crippen LogP contribution in [0.4, 0.5) is 0 Å². The van der Waals surface area contributed by atoms with Crippen LogP contribution in [0.1, 0.15) is 18.4 Å². The molecule has 1 atom stereocenters. The van der Waals surface area contributed by atoms with E-state index in [1.807, 2.05) is 30.3 Å². The Hall–Kier alpha value is -0.940. The monoisotopic (exact) mass is 277 g/mol. The molecular weight excluding hydrogens is 250 g/mol. The smallest absolute Gasteiger partial charge is 0.114 e. The van der Waals surface area contributed by atoms with Crippen molar-refractivity contribution in [3.05, 3.63) is 35.9 Å². The van der Waals surface area contributed by atoms with Gasteiger partial charge in [0.1, 0.15) is 5.60 Å². The third-order valence-electron chi connectivity index (χ3n) is 4.18. The van der Waals surface area contributed by atoms with Crippen molar-refractivity contribution >= 4 is 0 Å². The summed E-state index contributed by atoms with van der Waals surface area (Å²) in [5, 5.41) is 10.8. The Balaban J connectivity index is 1.88. The van der Waals surface area contributed by atoms with Crippen LogP contribution in [-0.4, -0.2) is 61.2 Å². The summed E-state index contributed by atoms with van der Waals surface area (Å²) in [4.78, 5) is 4.67. The van der Waals surface area contributed by atoms with Gasteiger partial charge in [0.05, 0.1) is 0 Å². The third-order valence-corrected chi connectivity index (χ3v) is 4.18. The molecular formula is C16H27N3O. The normalized spacial score (nSPS) is 19.4. The van der Waals surface area contributed by atoms with Crippen molar-refractivity contribution in [1.29, 1.82) is 0 Å². The van der Waals surface area contributed by atoms with E-state index < -0.39 is 5.60 Å². The summed E-state index contributed by atoms with van der Waals surface area (Å²) in [7, 11) is 2.06. The minimum Gasteiger partial charge on any atom is -0.382 e. The van der Waals surface area contributed by atoms with E-state index in [1.54, 1.807) is 0 Å². The molecule has 0 radical (unpaired) electrons. The molecule has 112 valence electrons. The number of rotatable bonds is 7. The SMILES string of the molecule is CN(CCN1CCCC1)CC(O)(CN)c1ccccc1. The summed E-state index contributed by atoms with van der Waals surface area (Å²) in [6.07, 6.45) is 2.64. The standard InChI is InChI=1S/C16H27N3O/c1-18(11-12-19-9-5-6-10-19)14-16(20,13-17)15-7-3-2-4-8-15/h2-4,7-8,20H,5-6,9-14,17H2,1H3. The summed E-state index contributed by atoms with van der Waals surface area (Å²) in [6.45, 7) is 5.29. The molecule has 0 aliphatic carbocycles. The molecule has 0 amide bonds. The summed E-state index contributed by atoms with van der Waals surface area (Å²) in [6, 6.07) is 9.74. The van der Waals surface area contributed by atoms with E-state index in [0.717, 1.165) is 18.7 Å². The van der Waals surface area contributed by atoms with E-state index in [-0.39, 0.29) is 6.54 Å². The molecule has 1 saturated heterocycles. The van der Waals surface area contributed by atoms with Crippen molar-refractivity contribution < 1.29 is 5.11 Å². The van der Waals surface area contributed by atoms with Gasteiger partial charge in [-0.1, -0.05) is 30.3 Å². The number of hydrogen-bond donors (Lipinski definition) is 2. The summed E-state index contributed by atoms with van der Waals surface area (Å²) in [5.74, 6) is 0. The topological polar surface area (TPSA) is 52.7 Å². The molecule has 0 bridgehead atoms. The lowest BCUT2D eigenvalue weighted by Gasteiger charge is -2.32. The van der Waals surface area contributed by atoms with Crippen molar-refractivity contribution in [2.75, 3.05) is 46.3 Å². The Morgan fingerprint density at radius 3 is 2.50 bits per heavy atom. The van der Waals surface area contributed by atoms with Gasteiger partial charge in [-0.2, -0.15) is 0 Å². The van der Waals surface area contributed by atoms with Crippen LogP contribution in [0.5, 0.6) is 0 Å². The molecule has 3 N–H and O–H groups in total. The Kier molecular flexibility index (Phi) is 5.54. The number of likely N-dealkylation sites (tertiary alicyclic amines) is 1. The van der Waals surface area contributed by atoms with Crippen LogP contribution in [0, 0.1) is 0 Å². The largest absolute Gasteiger partial charge is 0.382 e. The second-order valence-corrected chi connectivity index (χ2v) is 5.89. The van der Waals surface area contributed by atoms with E-state index in [0.29, 0.717) is 6.54 Å². The van der Waals surface area contributed by atoms with Gasteiger partial charge in [0.15, 0.2) is 0 Å². The quantitative estimate of drug-likeness (QED) is 0.776. The van der Waals surface area contributed by atoms with Gasteiger partial charge >= 0.3 is 0 Å². The lowest BCUT2D eigenvalue weighted by molar-refractivity contribution is 0.0123. The van der Waals surface area contributed by atoms with Crippen LogP contribution >= 0.6 is 0 Å². The molecule has 1 heterocycles. The molecule has 1 aliphatic heterocycles. The average molecular weight is 277 g/mol. The van der Waals surface area contributed by atoms with E-state index >= 15 is 0 Å². The Morgan fingerprint density at radius 1 is 1.25 bits per heavy atom. The molecule has 4 heteroatoms. The fourth-order valence-electron chi connectivity index (χ4n) is 2.87. The van der Waals surface area contributed by atoms with Crippen molar-refractivity contribution in [3.8, 4) is 0 Å². The highest BCUT2D eigenvalue weighted by atomic mass is 16.3. The Bertz CT molecular complexity index is 392. The van der Waals surface area contributed by atoms with Crippen LogP contribution in [0.3, 0.4) is 0 Å². The number of nitrogens with two attached hydrogens (primary N) is 1. The second-order valence-electron chi connectivity index (χ2n) is 5.89. The molecule has 0 aromatic heterocycles. The van der Waals surface area contributed by atoms with Crippen molar-refractivity contribution in [2.24, 2.45) is 5.73 Å². The van der Waals surface area contributed by atoms with Crippen LogP contribution in [-0.2, 0) is 5.60 Å². The highest BCUT2D eigenvalue weighted by molar-refractivity contribution is 5.23. The molecule has 1 fully saturated rings. The molecule has 1 unspecified atom stereocenters. The molecule has 0 saturated carbocycles. The Morgan fingerprint density at radius 2 is 1.90 bits per heavy atom. The van der Waals surface area contributed by atoms with E-state index in [4.69, 9.17) is 5.73 Å². The van der Waals surface area contributed by atoms with E-state index in [2.05, 4.69) is 16.8 Å². The third kappa shape index (κ3) is 4.03. The van der Waals surface area contributed by atoms with Crippen LogP contribution < -0.4 is 5.73 Å². The van der Waals surface area contributed by atoms with Crippen molar-refractivity contribution in [1.82, 2.24) is 9.80 Å². The first kappa shape index (κ1) is 15.4. The molecule has 1 aliphatic rings. The van der Waals surface area contributed by atoms with Crippen molar-refractivity contribution in [2.45, 2.75) is 18.4 Å². The van der Waals surface area contributed by atoms with Gasteiger partial charge in [-0.3, -0.25) is 0 Å². The fraction of sp³-hybridized carbons (Fsp3) is 0.625. The lowest BCUT2D eigenvalue weighted by atomic mass is 9.93. The number of likely N-dealkylation sites (N-methyl/N-ethyl adjacent to an activating group) is 1. The molecule has 2 rings (SSSR count). The molecule has 1 aromatic carbocycles. The maximum absolute atomic E-state index is 10.8. The van der Waals surface area contributed by atoms with Gasteiger partial charge in [-0.15, -0.1) is 0 Å². The van der Waals surface area contributed by atoms with Gasteiger partial charge in [-0.25, -0.2) is 0 Å². The molecule has 20 heavy (non-hydrogen) atoms. The second kappa shape index (κ2) is 7.18. The first-order chi connectivity index (χ1) is 9.64. The van der Waals surface area contributed by atoms with Gasteiger partial charge in [-0.05, 0) is 38.5 Å². The number of nitrogens with zero attached hydrogens (tertiary/aromatic N) is 2. The maximum Gasteiger partial charge on any atom is 0.114 e. The first-order valence-corrected chi connectivity index (χ1v) is 7.53. The maximum atomic E-state index is 10.8. The average Bonchev–Trinajstić information content (AvgIpc) is 2.99. The summed E-state index contributed by atoms with van der Waals surface area (Å²) < 4.78 is 0. The highest BCUT2D eigenvalue weighted by Gasteiger charge is 2.29. The lowest BCUT2D eigenvalue weighted by Crippen LogP contribution is -2.46. The molecule has 0 spiro atoms. The van der Waals surface area contributed by atoms with Crippen LogP contribution in [0.15, 0.2) is 30.3 Å². The number of aliphatic hydroxyl groups is 1. The van der Waals surface area contributed by atoms with Gasteiger partial charge < -0.3 is 20.6 Å². The van der Waals surface area contributed by atoms with Crippen molar-refractivity contribution in [3.63, 3.8) is 0 Å². The van der Waals surface area contributed by atoms with Crippen LogP contribution in [0.25, 0.3) is 0 Å². The zero-order chi connectivity index (χ0) is 14.4. The predicted octanol–water partition coefficient (Wildman–Crippen LogP) is 0.861. The zero-order valence-corrected chi connectivity index (χ0v) is 12.5. The first-order valence-electron chi connectivity index (χ1n) is 7.53. The highest BCUT2D eigenvalue weighted by Crippen LogP contribution is 2.20. The number of benzene rings is 1. The van der Waals surface area contributed by atoms with Gasteiger partial charge in [0.25, 0.3) is 0 Å². The fourth-order valence-corrected chi connectivity index (χ4v) is 2.87. The van der Waals surface area contributed by atoms with E-state index in [1.165, 1.54) is 25.9 Å². The predicted molar refractivity (Wildman–Crippen MR) is 82.6 cm³/mol.